The minimum absolute atomic E-state index is 0.0190. The Labute approximate surface area is 205 Å². The van der Waals surface area contributed by atoms with E-state index in [0.717, 1.165) is 37.9 Å². The summed E-state index contributed by atoms with van der Waals surface area (Å²) in [6, 6.07) is 11.0. The van der Waals surface area contributed by atoms with Crippen LogP contribution in [0.3, 0.4) is 0 Å². The molecule has 188 valence electrons. The first-order chi connectivity index (χ1) is 16.7. The van der Waals surface area contributed by atoms with E-state index in [0.29, 0.717) is 23.7 Å². The van der Waals surface area contributed by atoms with E-state index in [9.17, 15) is 12.8 Å². The van der Waals surface area contributed by atoms with Gasteiger partial charge < -0.3 is 14.5 Å². The third kappa shape index (κ3) is 5.63. The van der Waals surface area contributed by atoms with Crippen LogP contribution >= 0.6 is 0 Å². The molecule has 1 N–H and O–H groups in total. The maximum absolute atomic E-state index is 13.4. The average molecular weight is 503 g/mol. The van der Waals surface area contributed by atoms with Gasteiger partial charge in [0.2, 0.25) is 10.0 Å². The zero-order chi connectivity index (χ0) is 25.2. The molecule has 9 nitrogen and oxygen atoms in total. The molecule has 0 radical (unpaired) electrons. The van der Waals surface area contributed by atoms with Gasteiger partial charge in [0.25, 0.3) is 0 Å². The Morgan fingerprint density at radius 3 is 2.54 bits per heavy atom. The van der Waals surface area contributed by atoms with E-state index >= 15 is 0 Å². The summed E-state index contributed by atoms with van der Waals surface area (Å²) in [4.78, 5) is 4.64. The molecule has 2 heterocycles. The number of nitrogens with zero attached hydrogens (tertiary/aromatic N) is 5. The summed E-state index contributed by atoms with van der Waals surface area (Å²) in [7, 11) is -1.78. The van der Waals surface area contributed by atoms with Crippen LogP contribution in [0.15, 0.2) is 47.4 Å². The third-order valence-electron chi connectivity index (χ3n) is 6.10. The van der Waals surface area contributed by atoms with Crippen molar-refractivity contribution in [3.8, 4) is 11.8 Å². The summed E-state index contributed by atoms with van der Waals surface area (Å²) in [5.41, 5.74) is 1.40. The zero-order valence-corrected chi connectivity index (χ0v) is 21.2. The third-order valence-corrected chi connectivity index (χ3v) is 7.80. The van der Waals surface area contributed by atoms with E-state index in [1.807, 2.05) is 25.1 Å². The fourth-order valence-electron chi connectivity index (χ4n) is 4.17. The predicted octanol–water partition coefficient (Wildman–Crippen LogP) is 3.33. The van der Waals surface area contributed by atoms with Gasteiger partial charge in [-0.15, -0.1) is 5.10 Å². The largest absolute Gasteiger partial charge is 0.424 e. The first kappa shape index (κ1) is 25.1. The van der Waals surface area contributed by atoms with E-state index < -0.39 is 21.9 Å². The van der Waals surface area contributed by atoms with Crippen LogP contribution in [0.4, 0.5) is 10.1 Å². The second-order valence-electron chi connectivity index (χ2n) is 8.73. The van der Waals surface area contributed by atoms with E-state index in [4.69, 9.17) is 4.74 Å². The van der Waals surface area contributed by atoms with Gasteiger partial charge in [0.1, 0.15) is 11.6 Å². The van der Waals surface area contributed by atoms with Gasteiger partial charge in [0.15, 0.2) is 5.82 Å². The van der Waals surface area contributed by atoms with Gasteiger partial charge >= 0.3 is 6.01 Å². The van der Waals surface area contributed by atoms with Crippen molar-refractivity contribution in [1.29, 1.82) is 0 Å². The molecule has 1 aromatic heterocycles. The van der Waals surface area contributed by atoms with Crippen molar-refractivity contribution in [2.75, 3.05) is 38.1 Å². The quantitative estimate of drug-likeness (QED) is 0.505. The molecule has 0 saturated carbocycles. The summed E-state index contributed by atoms with van der Waals surface area (Å²) < 4.78 is 49.7. The van der Waals surface area contributed by atoms with Crippen LogP contribution < -0.4 is 14.4 Å². The van der Waals surface area contributed by atoms with Gasteiger partial charge in [-0.25, -0.2) is 17.5 Å². The number of aromatic nitrogens is 3. The predicted molar refractivity (Wildman–Crippen MR) is 132 cm³/mol. The molecule has 3 aromatic rings. The number of ether oxygens (including phenoxy) is 1. The van der Waals surface area contributed by atoms with Crippen molar-refractivity contribution in [2.45, 2.75) is 38.3 Å². The number of hydrogen-bond acceptors (Lipinski definition) is 7. The van der Waals surface area contributed by atoms with Crippen LogP contribution in [0, 0.1) is 12.7 Å². The van der Waals surface area contributed by atoms with Crippen LogP contribution in [-0.4, -0.2) is 61.3 Å². The van der Waals surface area contributed by atoms with E-state index in [1.165, 1.54) is 12.1 Å². The number of rotatable bonds is 8. The highest BCUT2D eigenvalue weighted by molar-refractivity contribution is 7.89. The van der Waals surface area contributed by atoms with Crippen molar-refractivity contribution < 1.29 is 17.5 Å². The first-order valence-electron chi connectivity index (χ1n) is 11.6. The fraction of sp³-hybridized carbons (Fsp3) is 0.417. The molecule has 35 heavy (non-hydrogen) atoms. The maximum Gasteiger partial charge on any atom is 0.322 e. The summed E-state index contributed by atoms with van der Waals surface area (Å²) in [6.07, 6.45) is 0. The molecule has 0 spiro atoms. The van der Waals surface area contributed by atoms with Gasteiger partial charge in [-0.05, 0) is 63.7 Å². The van der Waals surface area contributed by atoms with Crippen molar-refractivity contribution >= 4 is 15.7 Å². The highest BCUT2D eigenvalue weighted by Gasteiger charge is 2.25. The van der Waals surface area contributed by atoms with Crippen LogP contribution in [0.5, 0.6) is 11.8 Å². The normalized spacial score (nSPS) is 15.9. The van der Waals surface area contributed by atoms with Crippen LogP contribution in [0.1, 0.15) is 31.3 Å². The number of benzene rings is 2. The number of anilines is 1. The second-order valence-corrected chi connectivity index (χ2v) is 10.4. The minimum atomic E-state index is -3.90. The monoisotopic (exact) mass is 502 g/mol. The molecule has 1 aliphatic rings. The second kappa shape index (κ2) is 10.3. The minimum Gasteiger partial charge on any atom is -0.424 e. The van der Waals surface area contributed by atoms with Crippen molar-refractivity contribution in [3.63, 3.8) is 0 Å². The molecular weight excluding hydrogens is 471 g/mol. The molecule has 0 amide bonds. The van der Waals surface area contributed by atoms with E-state index in [2.05, 4.69) is 37.8 Å². The summed E-state index contributed by atoms with van der Waals surface area (Å²) in [5.74, 6) is 0.560. The highest BCUT2D eigenvalue weighted by atomic mass is 32.2. The van der Waals surface area contributed by atoms with Crippen LogP contribution in [-0.2, 0) is 16.6 Å². The number of likely N-dealkylation sites (N-methyl/N-ethyl adjacent to an activating group) is 1. The summed E-state index contributed by atoms with van der Waals surface area (Å²) in [5, 5.41) is 8.38. The lowest BCUT2D eigenvalue weighted by Crippen LogP contribution is -2.44. The molecule has 1 atom stereocenters. The van der Waals surface area contributed by atoms with Gasteiger partial charge in [-0.2, -0.15) is 0 Å². The lowest BCUT2D eigenvalue weighted by atomic mass is 10.2. The van der Waals surface area contributed by atoms with E-state index in [-0.39, 0.29) is 10.9 Å². The lowest BCUT2D eigenvalue weighted by molar-refractivity contribution is 0.312. The SMILES string of the molecule is CCn1c(Oc2cccc(N3CCN(C)CC3)c2)nnc1[C@@H](C)NS(=O)(=O)c1ccc(F)cc1C. The number of hydrogen-bond donors (Lipinski definition) is 1. The van der Waals surface area contributed by atoms with Gasteiger partial charge in [0.05, 0.1) is 10.9 Å². The molecule has 1 saturated heterocycles. The number of sulfonamides is 1. The molecular formula is C24H31FN6O3S. The van der Waals surface area contributed by atoms with Crippen molar-refractivity contribution in [1.82, 2.24) is 24.4 Å². The van der Waals surface area contributed by atoms with Crippen molar-refractivity contribution in [3.05, 3.63) is 59.7 Å². The molecule has 0 unspecified atom stereocenters. The van der Waals surface area contributed by atoms with Gasteiger partial charge in [0, 0.05) is 44.5 Å². The van der Waals surface area contributed by atoms with Crippen molar-refractivity contribution in [2.24, 2.45) is 0 Å². The molecule has 11 heteroatoms. The summed E-state index contributed by atoms with van der Waals surface area (Å²) >= 11 is 0. The topological polar surface area (TPSA) is 92.6 Å². The van der Waals surface area contributed by atoms with Gasteiger partial charge in [-0.1, -0.05) is 11.2 Å². The van der Waals surface area contributed by atoms with Crippen LogP contribution in [0.25, 0.3) is 0 Å². The van der Waals surface area contributed by atoms with E-state index in [1.54, 1.807) is 18.4 Å². The number of nitrogens with one attached hydrogen (secondary N) is 1. The molecule has 1 fully saturated rings. The first-order valence-corrected chi connectivity index (χ1v) is 13.1. The molecule has 1 aliphatic heterocycles. The lowest BCUT2D eigenvalue weighted by Gasteiger charge is -2.34. The Hall–Kier alpha value is -3.02. The molecule has 2 aromatic carbocycles. The molecule has 0 aliphatic carbocycles. The Morgan fingerprint density at radius 2 is 1.86 bits per heavy atom. The Morgan fingerprint density at radius 1 is 1.11 bits per heavy atom. The molecule has 0 bridgehead atoms. The Kier molecular flexibility index (Phi) is 7.39. The Bertz CT molecular complexity index is 1290. The standard InChI is InChI=1S/C24H31FN6O3S/c1-5-31-23(18(3)28-35(32,33)22-10-9-19(25)15-17(22)2)26-27-24(31)34-21-8-6-7-20(16-21)30-13-11-29(4)12-14-30/h6-10,15-16,18,28H,5,11-14H2,1-4H3/t18-/m1/s1. The van der Waals surface area contributed by atoms with Crippen LogP contribution in [0.2, 0.25) is 0 Å². The highest BCUT2D eigenvalue weighted by Crippen LogP contribution is 2.28. The Balaban J connectivity index is 1.52. The smallest absolute Gasteiger partial charge is 0.322 e. The summed E-state index contributed by atoms with van der Waals surface area (Å²) in [6.45, 7) is 9.53. The van der Waals surface area contributed by atoms with Gasteiger partial charge in [-0.3, -0.25) is 4.57 Å². The number of halogens is 1. The number of aryl methyl sites for hydroxylation is 1. The fourth-order valence-corrected chi connectivity index (χ4v) is 5.60. The maximum atomic E-state index is 13.4. The molecule has 4 rings (SSSR count). The average Bonchev–Trinajstić information content (AvgIpc) is 3.22. The zero-order valence-electron chi connectivity index (χ0n) is 20.4. The number of piperazine rings is 1.